The first-order valence-corrected chi connectivity index (χ1v) is 13.6. The lowest BCUT2D eigenvalue weighted by molar-refractivity contribution is 0.146. The van der Waals surface area contributed by atoms with E-state index in [1.165, 1.54) is 6.33 Å². The number of carbonyl (C=O) groups excluding carboxylic acids is 1. The van der Waals surface area contributed by atoms with Crippen LogP contribution in [0, 0.1) is 5.92 Å². The molecular weight excluding hydrogens is 490 g/mol. The zero-order chi connectivity index (χ0) is 26.8. The second-order valence-electron chi connectivity index (χ2n) is 10.7. The molecule has 4 aromatic rings. The molecule has 1 aliphatic carbocycles. The van der Waals surface area contributed by atoms with E-state index in [0.717, 1.165) is 72.5 Å². The molecule has 39 heavy (non-hydrogen) atoms. The summed E-state index contributed by atoms with van der Waals surface area (Å²) in [7, 11) is 2.09. The predicted molar refractivity (Wildman–Crippen MR) is 152 cm³/mol. The van der Waals surface area contributed by atoms with Crippen molar-refractivity contribution in [2.75, 3.05) is 45.5 Å². The van der Waals surface area contributed by atoms with Gasteiger partial charge >= 0.3 is 6.03 Å². The van der Waals surface area contributed by atoms with Gasteiger partial charge < -0.3 is 30.2 Å². The first-order valence-electron chi connectivity index (χ1n) is 13.6. The number of anilines is 1. The Morgan fingerprint density at radius 2 is 1.85 bits per heavy atom. The number of hydrogen-bond acceptors (Lipinski definition) is 6. The van der Waals surface area contributed by atoms with Crippen LogP contribution in [0.25, 0.3) is 22.2 Å². The van der Waals surface area contributed by atoms with Crippen LogP contribution < -0.4 is 15.8 Å². The van der Waals surface area contributed by atoms with E-state index in [2.05, 4.69) is 56.2 Å². The first-order chi connectivity index (χ1) is 19.0. The Morgan fingerprint density at radius 3 is 2.64 bits per heavy atom. The van der Waals surface area contributed by atoms with Crippen molar-refractivity contribution in [3.8, 4) is 16.9 Å². The van der Waals surface area contributed by atoms with Crippen LogP contribution in [0.1, 0.15) is 24.4 Å². The Hall–Kier alpha value is -4.11. The van der Waals surface area contributed by atoms with E-state index in [-0.39, 0.29) is 6.03 Å². The van der Waals surface area contributed by atoms with E-state index in [1.807, 2.05) is 41.3 Å². The normalized spacial score (nSPS) is 19.6. The average Bonchev–Trinajstić information content (AvgIpc) is 3.33. The highest BCUT2D eigenvalue weighted by Gasteiger charge is 2.33. The molecule has 0 atom stereocenters. The molecule has 0 spiro atoms. The van der Waals surface area contributed by atoms with Gasteiger partial charge in [-0.3, -0.25) is 0 Å². The molecule has 2 amide bonds. The largest absolute Gasteiger partial charge is 0.489 e. The maximum atomic E-state index is 12.6. The number of rotatable bonds is 7. The van der Waals surface area contributed by atoms with E-state index in [1.54, 1.807) is 0 Å². The first kappa shape index (κ1) is 25.2. The van der Waals surface area contributed by atoms with Crippen molar-refractivity contribution < 1.29 is 9.53 Å². The van der Waals surface area contributed by atoms with Gasteiger partial charge in [0.1, 0.15) is 30.1 Å². The van der Waals surface area contributed by atoms with Crippen molar-refractivity contribution >= 4 is 22.9 Å². The maximum absolute atomic E-state index is 12.6. The van der Waals surface area contributed by atoms with Crippen LogP contribution in [-0.4, -0.2) is 70.1 Å². The van der Waals surface area contributed by atoms with Crippen LogP contribution in [0.15, 0.2) is 67.1 Å². The van der Waals surface area contributed by atoms with E-state index in [0.29, 0.717) is 30.9 Å². The predicted octanol–water partition coefficient (Wildman–Crippen LogP) is 4.17. The highest BCUT2D eigenvalue weighted by atomic mass is 16.5. The van der Waals surface area contributed by atoms with Crippen LogP contribution in [0.5, 0.6) is 5.75 Å². The Bertz CT molecular complexity index is 1440. The van der Waals surface area contributed by atoms with Crippen molar-refractivity contribution in [3.05, 3.63) is 72.7 Å². The van der Waals surface area contributed by atoms with Crippen molar-refractivity contribution in [3.63, 3.8) is 0 Å². The molecule has 2 aromatic heterocycles. The quantitative estimate of drug-likeness (QED) is 0.376. The number of nitrogens with two attached hydrogens (primary N) is 1. The van der Waals surface area contributed by atoms with Gasteiger partial charge in [0.15, 0.2) is 0 Å². The number of ether oxygens (including phenoxy) is 1. The van der Waals surface area contributed by atoms with Gasteiger partial charge in [0.2, 0.25) is 0 Å². The summed E-state index contributed by atoms with van der Waals surface area (Å²) in [6.07, 6.45) is 5.65. The van der Waals surface area contributed by atoms with Crippen molar-refractivity contribution in [2.24, 2.45) is 5.92 Å². The van der Waals surface area contributed by atoms with Crippen LogP contribution >= 0.6 is 0 Å². The zero-order valence-corrected chi connectivity index (χ0v) is 22.3. The Balaban J connectivity index is 1.15. The van der Waals surface area contributed by atoms with Crippen LogP contribution in [-0.2, 0) is 6.61 Å². The summed E-state index contributed by atoms with van der Waals surface area (Å²) in [6.45, 7) is 4.63. The van der Waals surface area contributed by atoms with Gasteiger partial charge in [-0.15, -0.1) is 0 Å². The lowest BCUT2D eigenvalue weighted by Crippen LogP contribution is -2.51. The number of fused-ring (bicyclic) bond motifs is 1. The topological polar surface area (TPSA) is 102 Å². The van der Waals surface area contributed by atoms with E-state index in [4.69, 9.17) is 10.5 Å². The SMILES string of the molecule is CN1CCN(C(=O)NC[C@H]2C[C@H](n3cc(-c4cccc(OCc5ccccc5)c4)c4c(N)ncnc43)C2)CC1. The molecule has 1 aliphatic heterocycles. The number of urea groups is 1. The van der Waals surface area contributed by atoms with Crippen molar-refractivity contribution in [1.82, 2.24) is 29.7 Å². The molecule has 2 aromatic carbocycles. The number of nitrogen functional groups attached to an aromatic ring is 1. The Labute approximate surface area is 228 Å². The number of piperazine rings is 1. The molecule has 6 rings (SSSR count). The third-order valence-corrected chi connectivity index (χ3v) is 7.97. The number of hydrogen-bond donors (Lipinski definition) is 2. The second-order valence-corrected chi connectivity index (χ2v) is 10.7. The van der Waals surface area contributed by atoms with Crippen molar-refractivity contribution in [1.29, 1.82) is 0 Å². The molecule has 0 radical (unpaired) electrons. The minimum atomic E-state index is 0.0510. The molecule has 1 saturated heterocycles. The number of carbonyl (C=O) groups is 1. The number of amides is 2. The third-order valence-electron chi connectivity index (χ3n) is 7.97. The number of nitrogens with zero attached hydrogens (tertiary/aromatic N) is 5. The third kappa shape index (κ3) is 5.40. The molecular formula is C30H35N7O2. The summed E-state index contributed by atoms with van der Waals surface area (Å²) in [5.41, 5.74) is 10.4. The smallest absolute Gasteiger partial charge is 0.317 e. The summed E-state index contributed by atoms with van der Waals surface area (Å²) in [5.74, 6) is 1.72. The monoisotopic (exact) mass is 525 g/mol. The lowest BCUT2D eigenvalue weighted by Gasteiger charge is -2.38. The minimum absolute atomic E-state index is 0.0510. The van der Waals surface area contributed by atoms with Gasteiger partial charge in [0.05, 0.1) is 5.39 Å². The molecule has 3 heterocycles. The van der Waals surface area contributed by atoms with Gasteiger partial charge in [-0.25, -0.2) is 14.8 Å². The second kappa shape index (κ2) is 10.9. The highest BCUT2D eigenvalue weighted by molar-refractivity contribution is 6.00. The van der Waals surface area contributed by atoms with E-state index >= 15 is 0 Å². The van der Waals surface area contributed by atoms with Crippen LogP contribution in [0.2, 0.25) is 0 Å². The lowest BCUT2D eigenvalue weighted by atomic mass is 9.80. The molecule has 3 N–H and O–H groups in total. The summed E-state index contributed by atoms with van der Waals surface area (Å²) in [6, 6.07) is 18.6. The van der Waals surface area contributed by atoms with Crippen LogP contribution in [0.3, 0.4) is 0 Å². The van der Waals surface area contributed by atoms with E-state index in [9.17, 15) is 4.79 Å². The molecule has 1 saturated carbocycles. The molecule has 2 aliphatic rings. The molecule has 9 nitrogen and oxygen atoms in total. The highest BCUT2D eigenvalue weighted by Crippen LogP contribution is 2.43. The van der Waals surface area contributed by atoms with Gasteiger partial charge in [0.25, 0.3) is 0 Å². The zero-order valence-electron chi connectivity index (χ0n) is 22.3. The van der Waals surface area contributed by atoms with Gasteiger partial charge in [-0.05, 0) is 49.1 Å². The fourth-order valence-electron chi connectivity index (χ4n) is 5.55. The standard InChI is InChI=1S/C30H35N7O2/c1-35-10-12-36(13-11-35)30(38)32-17-22-14-24(15-22)37-18-26(27-28(31)33-20-34-29(27)37)23-8-5-9-25(16-23)39-19-21-6-3-2-4-7-21/h2-9,16,18,20,22,24H,10-15,17,19H2,1H3,(H,32,38)(H2,31,33,34)/t22-,24-. The molecule has 0 bridgehead atoms. The van der Waals surface area contributed by atoms with Gasteiger partial charge in [-0.1, -0.05) is 42.5 Å². The summed E-state index contributed by atoms with van der Waals surface area (Å²) >= 11 is 0. The minimum Gasteiger partial charge on any atom is -0.489 e. The molecule has 9 heteroatoms. The fraction of sp³-hybridized carbons (Fsp3) is 0.367. The molecule has 0 unspecified atom stereocenters. The van der Waals surface area contributed by atoms with Gasteiger partial charge in [-0.2, -0.15) is 0 Å². The Morgan fingerprint density at radius 1 is 1.05 bits per heavy atom. The molecule has 202 valence electrons. The number of likely N-dealkylation sites (N-methyl/N-ethyl adjacent to an activating group) is 1. The maximum Gasteiger partial charge on any atom is 0.317 e. The fourth-order valence-corrected chi connectivity index (χ4v) is 5.55. The van der Waals surface area contributed by atoms with Crippen molar-refractivity contribution in [2.45, 2.75) is 25.5 Å². The summed E-state index contributed by atoms with van der Waals surface area (Å²) in [4.78, 5) is 25.6. The van der Waals surface area contributed by atoms with E-state index < -0.39 is 0 Å². The summed E-state index contributed by atoms with van der Waals surface area (Å²) in [5, 5.41) is 4.01. The Kier molecular flexibility index (Phi) is 7.06. The molecule has 2 fully saturated rings. The average molecular weight is 526 g/mol. The van der Waals surface area contributed by atoms with Gasteiger partial charge in [0, 0.05) is 50.5 Å². The van der Waals surface area contributed by atoms with Crippen LogP contribution in [0.4, 0.5) is 10.6 Å². The number of nitrogens with one attached hydrogen (secondary N) is 1. The summed E-state index contributed by atoms with van der Waals surface area (Å²) < 4.78 is 8.32. The number of benzene rings is 2. The number of aromatic nitrogens is 3.